The Balaban J connectivity index is 0.000000244. The molecule has 5 aromatic rings. The molecule has 8 rings (SSSR count). The lowest BCUT2D eigenvalue weighted by Crippen LogP contribution is -2.34. The first-order chi connectivity index (χ1) is 32.1. The molecule has 0 bridgehead atoms. The minimum Gasteiger partial charge on any atom is -0.458 e. The third-order valence-corrected chi connectivity index (χ3v) is 14.8. The molecule has 3 aliphatic rings. The molecule has 3 aromatic heterocycles. The number of carbonyl (C=O) groups excluding carboxylic acids is 4. The van der Waals surface area contributed by atoms with Crippen molar-refractivity contribution in [1.29, 1.82) is 0 Å². The summed E-state index contributed by atoms with van der Waals surface area (Å²) in [6, 6.07) is 25.6. The largest absolute Gasteiger partial charge is 0.458 e. The Morgan fingerprint density at radius 3 is 2.38 bits per heavy atom. The van der Waals surface area contributed by atoms with Crippen LogP contribution in [0.1, 0.15) is 117 Å². The zero-order chi connectivity index (χ0) is 47.8. The highest BCUT2D eigenvalue weighted by atomic mass is 32.1. The number of amides is 1. The summed E-state index contributed by atoms with van der Waals surface area (Å²) in [5.74, 6) is 0.352. The highest BCUT2D eigenvalue weighted by molar-refractivity contribution is 7.56. The Kier molecular flexibility index (Phi) is 22.8. The molecule has 3 unspecified atom stereocenters. The van der Waals surface area contributed by atoms with Crippen molar-refractivity contribution in [1.82, 2.24) is 24.9 Å². The molecule has 3 fully saturated rings. The minimum absolute atomic E-state index is 0.0173. The second-order valence-electron chi connectivity index (χ2n) is 16.4. The number of nitrogens with one attached hydrogen (secondary N) is 1. The quantitative estimate of drug-likeness (QED) is 0.0369. The zero-order valence-electron chi connectivity index (χ0n) is 39.3. The smallest absolute Gasteiger partial charge is 0.323 e. The summed E-state index contributed by atoms with van der Waals surface area (Å²) in [5.41, 5.74) is 7.37. The van der Waals surface area contributed by atoms with Gasteiger partial charge in [-0.2, -0.15) is 0 Å². The fourth-order valence-electron chi connectivity index (χ4n) is 8.20. The fourth-order valence-corrected chi connectivity index (χ4v) is 11.1. The van der Waals surface area contributed by atoms with E-state index in [4.69, 9.17) is 9.26 Å². The van der Waals surface area contributed by atoms with E-state index < -0.39 is 19.5 Å². The molecule has 1 amide bonds. The lowest BCUT2D eigenvalue weighted by Gasteiger charge is -2.24. The Hall–Kier alpha value is -5.11. The van der Waals surface area contributed by atoms with Gasteiger partial charge in [-0.3, -0.25) is 28.9 Å². The summed E-state index contributed by atoms with van der Waals surface area (Å²) in [7, 11) is 0.146. The number of benzene rings is 2. The summed E-state index contributed by atoms with van der Waals surface area (Å²) in [6.07, 6.45) is 20.2. The van der Waals surface area contributed by atoms with Crippen molar-refractivity contribution < 1.29 is 33.0 Å². The average molecular weight is 941 g/mol. The monoisotopic (exact) mass is 940 g/mol. The summed E-state index contributed by atoms with van der Waals surface area (Å²) in [5, 5.41) is 3.76. The van der Waals surface area contributed by atoms with Crippen molar-refractivity contribution in [2.24, 2.45) is 5.73 Å². The molecular weight excluding hydrogens is 872 g/mol. The summed E-state index contributed by atoms with van der Waals surface area (Å²) in [4.78, 5) is 58.1. The van der Waals surface area contributed by atoms with Gasteiger partial charge in [0.25, 0.3) is 0 Å². The third-order valence-electron chi connectivity index (χ3n) is 11.7. The molecule has 3 N–H and O–H groups in total. The van der Waals surface area contributed by atoms with Crippen LogP contribution in [0.5, 0.6) is 5.75 Å². The number of fused-ring (bicyclic) bond motifs is 1. The first kappa shape index (κ1) is 53.5. The van der Waals surface area contributed by atoms with Crippen LogP contribution in [0.4, 0.5) is 0 Å². The molecule has 66 heavy (non-hydrogen) atoms. The average Bonchev–Trinajstić information content (AvgIpc) is 3.61. The molecule has 2 saturated heterocycles. The molecule has 356 valence electrons. The molecule has 5 heterocycles. The van der Waals surface area contributed by atoms with Crippen molar-refractivity contribution in [3.05, 3.63) is 125 Å². The molecule has 4 atom stereocenters. The lowest BCUT2D eigenvalue weighted by atomic mass is 9.97. The van der Waals surface area contributed by atoms with Crippen LogP contribution in [0.15, 0.2) is 104 Å². The van der Waals surface area contributed by atoms with E-state index >= 15 is 0 Å². The fraction of sp³-hybridized carbons (Fsp3) is 0.451. The second-order valence-corrected chi connectivity index (χ2v) is 19.6. The number of nitrogens with two attached hydrogens (primary N) is 1. The molecule has 1 aliphatic carbocycles. The maximum absolute atomic E-state index is 13.9. The Labute approximate surface area is 395 Å². The number of aromatic nitrogens is 2. The number of pyridine rings is 2. The SMILES string of the molecule is CC.CC(NP(=O)(Cc1ccc2sc(C=O)cc2c1)Oc1ccccc1)C(=O)OCc1ccccn1.CN.CN1CCC[C@@H]1CCCCCC=O.O=CN1CC(c2cccnc2)CC12CC2. The van der Waals surface area contributed by atoms with Crippen LogP contribution in [0.25, 0.3) is 10.1 Å². The molecule has 2 aromatic carbocycles. The van der Waals surface area contributed by atoms with Gasteiger partial charge in [0.2, 0.25) is 6.41 Å². The van der Waals surface area contributed by atoms with Gasteiger partial charge in [-0.15, -0.1) is 11.3 Å². The van der Waals surface area contributed by atoms with E-state index in [9.17, 15) is 23.7 Å². The highest BCUT2D eigenvalue weighted by Gasteiger charge is 2.54. The topological polar surface area (TPSA) is 174 Å². The molecule has 2 aliphatic heterocycles. The van der Waals surface area contributed by atoms with Gasteiger partial charge in [-0.1, -0.05) is 63.1 Å². The van der Waals surface area contributed by atoms with E-state index in [0.717, 1.165) is 66.5 Å². The number of carbonyl (C=O) groups is 4. The number of para-hydroxylation sites is 1. The number of aldehydes is 2. The van der Waals surface area contributed by atoms with Crippen LogP contribution < -0.4 is 15.3 Å². The van der Waals surface area contributed by atoms with Crippen LogP contribution in [0.3, 0.4) is 0 Å². The van der Waals surface area contributed by atoms with Crippen LogP contribution in [0, 0.1) is 0 Å². The minimum atomic E-state index is -3.58. The van der Waals surface area contributed by atoms with Gasteiger partial charge in [0.05, 0.1) is 16.7 Å². The summed E-state index contributed by atoms with van der Waals surface area (Å²) >= 11 is 1.39. The van der Waals surface area contributed by atoms with Gasteiger partial charge >= 0.3 is 13.5 Å². The van der Waals surface area contributed by atoms with Crippen LogP contribution in [-0.2, 0) is 36.5 Å². The van der Waals surface area contributed by atoms with E-state index in [1.165, 1.54) is 75.4 Å². The van der Waals surface area contributed by atoms with Gasteiger partial charge in [-0.05, 0) is 138 Å². The van der Waals surface area contributed by atoms with Gasteiger partial charge in [0, 0.05) is 53.8 Å². The summed E-state index contributed by atoms with van der Waals surface area (Å²) in [6.45, 7) is 7.75. The third kappa shape index (κ3) is 16.6. The molecule has 13 nitrogen and oxygen atoms in total. The van der Waals surface area contributed by atoms with Gasteiger partial charge in [-0.25, -0.2) is 5.09 Å². The molecular formula is C51H69N6O7PS. The Morgan fingerprint density at radius 2 is 1.76 bits per heavy atom. The molecule has 0 radical (unpaired) electrons. The number of nitrogens with zero attached hydrogens (tertiary/aromatic N) is 4. The van der Waals surface area contributed by atoms with E-state index in [1.807, 2.05) is 61.3 Å². The van der Waals surface area contributed by atoms with Crippen molar-refractivity contribution in [3.8, 4) is 5.75 Å². The van der Waals surface area contributed by atoms with Crippen molar-refractivity contribution in [3.63, 3.8) is 0 Å². The van der Waals surface area contributed by atoms with E-state index in [1.54, 1.807) is 61.8 Å². The number of likely N-dealkylation sites (tertiary alicyclic amines) is 2. The molecule has 15 heteroatoms. The van der Waals surface area contributed by atoms with Crippen molar-refractivity contribution in [2.45, 2.75) is 121 Å². The maximum atomic E-state index is 13.9. The predicted molar refractivity (Wildman–Crippen MR) is 265 cm³/mol. The second kappa shape index (κ2) is 28.2. The Bertz CT molecular complexity index is 2250. The zero-order valence-corrected chi connectivity index (χ0v) is 41.0. The van der Waals surface area contributed by atoms with Crippen molar-refractivity contribution in [2.75, 3.05) is 27.2 Å². The van der Waals surface area contributed by atoms with Crippen LogP contribution in [-0.4, -0.2) is 89.5 Å². The van der Waals surface area contributed by atoms with Crippen LogP contribution >= 0.6 is 18.9 Å². The number of esters is 1. The summed E-state index contributed by atoms with van der Waals surface area (Å²) < 4.78 is 26.1. The first-order valence-corrected chi connectivity index (χ1v) is 25.7. The van der Waals surface area contributed by atoms with Crippen LogP contribution in [0.2, 0.25) is 0 Å². The number of ether oxygens (including phenoxy) is 1. The maximum Gasteiger partial charge on any atom is 0.323 e. The van der Waals surface area contributed by atoms with E-state index in [0.29, 0.717) is 22.2 Å². The van der Waals surface area contributed by atoms with E-state index in [2.05, 4.69) is 38.8 Å². The molecule has 1 spiro atoms. The number of unbranched alkanes of at least 4 members (excludes halogenated alkanes) is 3. The number of hydrogen-bond acceptors (Lipinski definition) is 12. The van der Waals surface area contributed by atoms with Gasteiger partial charge < -0.3 is 29.6 Å². The van der Waals surface area contributed by atoms with Gasteiger partial charge in [0.1, 0.15) is 24.7 Å². The standard InChI is InChI=1S/C25H23N2O5PS.C12H14N2O.C11H21NO.C2H6.CH5N/c1-18(25(29)31-16-21-7-5-6-12-26-21)27-33(30,32-22-8-3-2-4-9-22)17-19-10-11-24-20(13-19)14-23(15-28)34-24;15-9-14-8-11(6-12(14)3-4-12)10-2-1-5-13-7-10;1-12-9-6-8-11(12)7-4-2-3-5-10-13;2*1-2/h2-15,18H,16-17H2,1H3,(H,27,30);1-2,5,7,9,11H,3-4,6,8H2;10-11H,2-9H2,1H3;1-2H3;2H2,1H3/t;;11-;;/m..0../s1. The lowest BCUT2D eigenvalue weighted by molar-refractivity contribution is -0.146. The van der Waals surface area contributed by atoms with Crippen molar-refractivity contribution >= 4 is 53.9 Å². The number of hydrogen-bond donors (Lipinski definition) is 2. The highest BCUT2D eigenvalue weighted by Crippen LogP contribution is 2.53. The molecule has 1 saturated carbocycles. The van der Waals surface area contributed by atoms with E-state index in [-0.39, 0.29) is 18.3 Å². The first-order valence-electron chi connectivity index (χ1n) is 23.1. The number of thiophene rings is 1. The van der Waals surface area contributed by atoms with Gasteiger partial charge in [0.15, 0.2) is 6.29 Å². The Morgan fingerprint density at radius 1 is 0.985 bits per heavy atom. The number of rotatable bonds is 18. The predicted octanol–water partition coefficient (Wildman–Crippen LogP) is 9.99. The normalized spacial score (nSPS) is 18.0.